The van der Waals surface area contributed by atoms with Crippen LogP contribution in [0, 0.1) is 5.41 Å². The Morgan fingerprint density at radius 2 is 1.88 bits per heavy atom. The minimum atomic E-state index is -0.201. The zero-order valence-corrected chi connectivity index (χ0v) is 19.7. The second-order valence-electron chi connectivity index (χ2n) is 9.91. The van der Waals surface area contributed by atoms with E-state index in [0.29, 0.717) is 6.54 Å². The molecule has 3 aliphatic rings. The van der Waals surface area contributed by atoms with Crippen molar-refractivity contribution in [1.29, 1.82) is 0 Å². The molecule has 0 atom stereocenters. The van der Waals surface area contributed by atoms with Gasteiger partial charge in [0.25, 0.3) is 0 Å². The molecule has 0 aromatic heterocycles. The molecule has 2 aromatic carbocycles. The number of aliphatic imine (C=N–C) groups is 1. The van der Waals surface area contributed by atoms with E-state index in [-0.39, 0.29) is 11.3 Å². The molecule has 1 aliphatic carbocycles. The number of hydrogen-bond acceptors (Lipinski definition) is 3. The first-order valence-electron chi connectivity index (χ1n) is 12.0. The molecule has 0 bridgehead atoms. The van der Waals surface area contributed by atoms with Gasteiger partial charge in [-0.25, -0.2) is 0 Å². The van der Waals surface area contributed by atoms with Crippen LogP contribution < -0.4 is 10.2 Å². The van der Waals surface area contributed by atoms with Crippen molar-refractivity contribution in [1.82, 2.24) is 5.32 Å². The standard InChI is InChI=1S/C27H32ClN3O/c1-27(10-2-3-11-27)26(32)29-18-19-6-9-24(28)21(14-19)16-22-15-20-7-8-23(17-25(20)30-22)31-12-4-5-13-31/h6-9,14,17H,2-5,10-13,15-16,18H2,1H3,(H,29,32). The third-order valence-electron chi connectivity index (χ3n) is 7.43. The van der Waals surface area contributed by atoms with Gasteiger partial charge in [0, 0.05) is 54.3 Å². The lowest BCUT2D eigenvalue weighted by atomic mass is 9.88. The van der Waals surface area contributed by atoms with Gasteiger partial charge in [-0.05, 0) is 60.6 Å². The van der Waals surface area contributed by atoms with Gasteiger partial charge in [0.1, 0.15) is 0 Å². The lowest BCUT2D eigenvalue weighted by Crippen LogP contribution is -2.36. The van der Waals surface area contributed by atoms with E-state index in [1.165, 1.54) is 24.1 Å². The highest BCUT2D eigenvalue weighted by atomic mass is 35.5. The predicted octanol–water partition coefficient (Wildman–Crippen LogP) is 6.01. The first-order valence-corrected chi connectivity index (χ1v) is 12.4. The van der Waals surface area contributed by atoms with Crippen LogP contribution in [0.5, 0.6) is 0 Å². The minimum absolute atomic E-state index is 0.177. The molecule has 0 spiro atoms. The molecule has 1 saturated heterocycles. The van der Waals surface area contributed by atoms with Crippen LogP contribution in [0.15, 0.2) is 41.4 Å². The SMILES string of the molecule is CC1(C(=O)NCc2ccc(Cl)c(CC3=Nc4cc(N5CCCC5)ccc4C3)c2)CCCC1. The van der Waals surface area contributed by atoms with Crippen molar-refractivity contribution < 1.29 is 4.79 Å². The molecule has 4 nitrogen and oxygen atoms in total. The van der Waals surface area contributed by atoms with Crippen LogP contribution in [0.25, 0.3) is 0 Å². The van der Waals surface area contributed by atoms with E-state index in [4.69, 9.17) is 16.6 Å². The molecule has 2 fully saturated rings. The predicted molar refractivity (Wildman–Crippen MR) is 132 cm³/mol. The van der Waals surface area contributed by atoms with Gasteiger partial charge in [-0.2, -0.15) is 0 Å². The van der Waals surface area contributed by atoms with Gasteiger partial charge in [0.2, 0.25) is 5.91 Å². The molecule has 0 radical (unpaired) electrons. The summed E-state index contributed by atoms with van der Waals surface area (Å²) in [6, 6.07) is 12.8. The van der Waals surface area contributed by atoms with Crippen molar-refractivity contribution in [2.45, 2.75) is 64.8 Å². The fourth-order valence-corrected chi connectivity index (χ4v) is 5.57. The molecule has 1 N–H and O–H groups in total. The molecule has 32 heavy (non-hydrogen) atoms. The van der Waals surface area contributed by atoms with Crippen molar-refractivity contribution in [3.8, 4) is 0 Å². The summed E-state index contributed by atoms with van der Waals surface area (Å²) in [5, 5.41) is 3.92. The number of anilines is 1. The van der Waals surface area contributed by atoms with Crippen molar-refractivity contribution in [3.63, 3.8) is 0 Å². The number of amides is 1. The van der Waals surface area contributed by atoms with E-state index in [0.717, 1.165) is 79.2 Å². The quantitative estimate of drug-likeness (QED) is 0.587. The maximum atomic E-state index is 12.7. The van der Waals surface area contributed by atoms with E-state index in [1.54, 1.807) is 0 Å². The average Bonchev–Trinajstić information content (AvgIpc) is 3.54. The molecule has 2 aromatic rings. The largest absolute Gasteiger partial charge is 0.371 e. The second-order valence-corrected chi connectivity index (χ2v) is 10.3. The molecule has 1 amide bonds. The number of nitrogens with zero attached hydrogens (tertiary/aromatic N) is 2. The number of hydrogen-bond donors (Lipinski definition) is 1. The van der Waals surface area contributed by atoms with Gasteiger partial charge in [-0.3, -0.25) is 9.79 Å². The van der Waals surface area contributed by atoms with Gasteiger partial charge in [0.15, 0.2) is 0 Å². The molecule has 2 aliphatic heterocycles. The smallest absolute Gasteiger partial charge is 0.226 e. The van der Waals surface area contributed by atoms with Crippen molar-refractivity contribution in [2.24, 2.45) is 10.4 Å². The summed E-state index contributed by atoms with van der Waals surface area (Å²) in [4.78, 5) is 20.1. The van der Waals surface area contributed by atoms with Crippen LogP contribution in [0.2, 0.25) is 5.02 Å². The highest BCUT2D eigenvalue weighted by molar-refractivity contribution is 6.31. The lowest BCUT2D eigenvalue weighted by Gasteiger charge is -2.22. The van der Waals surface area contributed by atoms with E-state index < -0.39 is 0 Å². The summed E-state index contributed by atoms with van der Waals surface area (Å²) < 4.78 is 0. The van der Waals surface area contributed by atoms with Crippen LogP contribution in [-0.2, 0) is 24.2 Å². The fraction of sp³-hybridized carbons (Fsp3) is 0.481. The fourth-order valence-electron chi connectivity index (χ4n) is 5.38. The third-order valence-corrected chi connectivity index (χ3v) is 7.79. The molecule has 0 unspecified atom stereocenters. The summed E-state index contributed by atoms with van der Waals surface area (Å²) >= 11 is 6.54. The van der Waals surface area contributed by atoms with Gasteiger partial charge >= 0.3 is 0 Å². The highest BCUT2D eigenvalue weighted by Gasteiger charge is 2.35. The first-order chi connectivity index (χ1) is 15.5. The number of fused-ring (bicyclic) bond motifs is 1. The lowest BCUT2D eigenvalue weighted by molar-refractivity contribution is -0.130. The Hall–Kier alpha value is -2.33. The Kier molecular flexibility index (Phi) is 5.98. The van der Waals surface area contributed by atoms with Crippen molar-refractivity contribution in [3.05, 3.63) is 58.1 Å². The molecular weight excluding hydrogens is 418 g/mol. The van der Waals surface area contributed by atoms with E-state index in [9.17, 15) is 4.79 Å². The summed E-state index contributed by atoms with van der Waals surface area (Å²) in [6.45, 7) is 4.93. The monoisotopic (exact) mass is 449 g/mol. The van der Waals surface area contributed by atoms with Gasteiger partial charge in [-0.15, -0.1) is 0 Å². The van der Waals surface area contributed by atoms with Crippen LogP contribution in [-0.4, -0.2) is 24.7 Å². The molecule has 5 rings (SSSR count). The van der Waals surface area contributed by atoms with Gasteiger partial charge in [0.05, 0.1) is 5.69 Å². The Balaban J connectivity index is 1.25. The number of carbonyl (C=O) groups excluding carboxylic acids is 1. The summed E-state index contributed by atoms with van der Waals surface area (Å²) in [6.07, 6.45) is 8.46. The number of carbonyl (C=O) groups is 1. The maximum Gasteiger partial charge on any atom is 0.226 e. The Morgan fingerprint density at radius 3 is 2.66 bits per heavy atom. The molecule has 2 heterocycles. The molecule has 5 heteroatoms. The van der Waals surface area contributed by atoms with E-state index >= 15 is 0 Å². The maximum absolute atomic E-state index is 12.7. The van der Waals surface area contributed by atoms with E-state index in [2.05, 4.69) is 41.4 Å². The molecule has 1 saturated carbocycles. The number of nitrogens with one attached hydrogen (secondary N) is 1. The second kappa shape index (κ2) is 8.90. The normalized spacial score (nSPS) is 19.2. The highest BCUT2D eigenvalue weighted by Crippen LogP contribution is 2.38. The van der Waals surface area contributed by atoms with Crippen molar-refractivity contribution in [2.75, 3.05) is 18.0 Å². The van der Waals surface area contributed by atoms with Crippen LogP contribution in [0.1, 0.15) is 62.1 Å². The minimum Gasteiger partial charge on any atom is -0.371 e. The van der Waals surface area contributed by atoms with Crippen LogP contribution in [0.3, 0.4) is 0 Å². The first kappa shape index (κ1) is 21.5. The van der Waals surface area contributed by atoms with Crippen molar-refractivity contribution >= 4 is 34.6 Å². The zero-order valence-electron chi connectivity index (χ0n) is 18.9. The van der Waals surface area contributed by atoms with Crippen LogP contribution >= 0.6 is 11.6 Å². The van der Waals surface area contributed by atoms with Gasteiger partial charge < -0.3 is 10.2 Å². The average molecular weight is 450 g/mol. The van der Waals surface area contributed by atoms with E-state index in [1.807, 2.05) is 12.1 Å². The number of benzene rings is 2. The summed E-state index contributed by atoms with van der Waals surface area (Å²) in [7, 11) is 0. The molecular formula is C27H32ClN3O. The van der Waals surface area contributed by atoms with Gasteiger partial charge in [-0.1, -0.05) is 49.6 Å². The Morgan fingerprint density at radius 1 is 1.09 bits per heavy atom. The Labute approximate surface area is 196 Å². The third kappa shape index (κ3) is 4.43. The summed E-state index contributed by atoms with van der Waals surface area (Å²) in [5.74, 6) is 0.177. The number of rotatable bonds is 6. The van der Waals surface area contributed by atoms with Crippen LogP contribution in [0.4, 0.5) is 11.4 Å². The Bertz CT molecular complexity index is 1050. The number of halogens is 1. The molecule has 168 valence electrons. The summed E-state index contributed by atoms with van der Waals surface area (Å²) in [5.41, 5.74) is 6.82. The topological polar surface area (TPSA) is 44.7 Å². The zero-order chi connectivity index (χ0) is 22.1.